The molecule has 2 N–H and O–H groups in total. The van der Waals surface area contributed by atoms with Crippen LogP contribution in [-0.2, 0) is 4.79 Å². The third kappa shape index (κ3) is 2.69. The lowest BCUT2D eigenvalue weighted by atomic mass is 9.96. The molecule has 0 bridgehead atoms. The smallest absolute Gasteiger partial charge is 0.249 e. The maximum Gasteiger partial charge on any atom is 0.249 e. The predicted molar refractivity (Wildman–Crippen MR) is 66.6 cm³/mol. The summed E-state index contributed by atoms with van der Waals surface area (Å²) in [6.07, 6.45) is 4.01. The fraction of sp³-hybridized carbons (Fsp3) is 0.769. The average Bonchev–Trinajstić information content (AvgIpc) is 2.27. The Morgan fingerprint density at radius 1 is 1.47 bits per heavy atom. The molecule has 2 aliphatic heterocycles. The van der Waals surface area contributed by atoms with Crippen molar-refractivity contribution in [3.05, 3.63) is 11.1 Å². The fourth-order valence-electron chi connectivity index (χ4n) is 2.60. The Morgan fingerprint density at radius 3 is 2.82 bits per heavy atom. The largest absolute Gasteiger partial charge is 0.396 e. The minimum atomic E-state index is 0.172. The second-order valence-corrected chi connectivity index (χ2v) is 4.99. The third-order valence-corrected chi connectivity index (χ3v) is 3.88. The topological polar surface area (TPSA) is 52.6 Å². The summed E-state index contributed by atoms with van der Waals surface area (Å²) in [7, 11) is 0. The van der Waals surface area contributed by atoms with Gasteiger partial charge in [0.1, 0.15) is 0 Å². The number of nitrogens with one attached hydrogen (secondary N) is 1. The van der Waals surface area contributed by atoms with Crippen molar-refractivity contribution >= 4 is 5.91 Å². The first-order valence-electron chi connectivity index (χ1n) is 6.55. The van der Waals surface area contributed by atoms with Gasteiger partial charge in [0.2, 0.25) is 5.91 Å². The van der Waals surface area contributed by atoms with Gasteiger partial charge in [0.05, 0.1) is 0 Å². The number of aliphatic hydroxyl groups is 1. The molecule has 2 saturated heterocycles. The van der Waals surface area contributed by atoms with Crippen LogP contribution in [-0.4, -0.2) is 48.2 Å². The Labute approximate surface area is 103 Å². The Kier molecular flexibility index (Phi) is 4.18. The molecule has 2 heterocycles. The van der Waals surface area contributed by atoms with E-state index < -0.39 is 0 Å². The lowest BCUT2D eigenvalue weighted by molar-refractivity contribution is -0.131. The molecule has 96 valence electrons. The van der Waals surface area contributed by atoms with Gasteiger partial charge in [-0.3, -0.25) is 4.79 Å². The molecule has 0 radical (unpaired) electrons. The molecule has 0 saturated carbocycles. The first-order valence-corrected chi connectivity index (χ1v) is 6.55. The number of hydrogen-bond donors (Lipinski definition) is 2. The lowest BCUT2D eigenvalue weighted by Crippen LogP contribution is -2.46. The number of hydrogen-bond acceptors (Lipinski definition) is 3. The van der Waals surface area contributed by atoms with Crippen LogP contribution in [0.4, 0.5) is 0 Å². The Bertz CT molecular complexity index is 317. The van der Waals surface area contributed by atoms with E-state index >= 15 is 0 Å². The van der Waals surface area contributed by atoms with Gasteiger partial charge in [-0.25, -0.2) is 0 Å². The highest BCUT2D eigenvalue weighted by Gasteiger charge is 2.28. The summed E-state index contributed by atoms with van der Waals surface area (Å²) in [4.78, 5) is 14.3. The van der Waals surface area contributed by atoms with E-state index in [0.717, 1.165) is 38.0 Å². The van der Waals surface area contributed by atoms with Crippen molar-refractivity contribution in [1.82, 2.24) is 10.2 Å². The van der Waals surface area contributed by atoms with Crippen molar-refractivity contribution in [3.63, 3.8) is 0 Å². The molecule has 1 amide bonds. The van der Waals surface area contributed by atoms with Gasteiger partial charge in [0, 0.05) is 37.9 Å². The Morgan fingerprint density at radius 2 is 2.24 bits per heavy atom. The standard InChI is InChI=1S/C13H22N2O2/c1-10(11-8-14-9-11)13(17)15-6-3-2-4-12(15)5-7-16/h12,14,16H,2-9H2,1H3. The molecule has 2 fully saturated rings. The van der Waals surface area contributed by atoms with Gasteiger partial charge < -0.3 is 15.3 Å². The van der Waals surface area contributed by atoms with Crippen LogP contribution >= 0.6 is 0 Å². The van der Waals surface area contributed by atoms with E-state index in [1.165, 1.54) is 12.0 Å². The molecule has 1 unspecified atom stereocenters. The summed E-state index contributed by atoms with van der Waals surface area (Å²) in [6.45, 7) is 4.67. The molecule has 0 aromatic rings. The molecule has 0 aromatic carbocycles. The van der Waals surface area contributed by atoms with Crippen LogP contribution in [0, 0.1) is 0 Å². The quantitative estimate of drug-likeness (QED) is 0.711. The van der Waals surface area contributed by atoms with Crippen LogP contribution in [0.15, 0.2) is 11.1 Å². The SMILES string of the molecule is CC(C(=O)N1CCCCC1CCO)=C1CNC1. The van der Waals surface area contributed by atoms with Gasteiger partial charge in [0.15, 0.2) is 0 Å². The van der Waals surface area contributed by atoms with Gasteiger partial charge in [-0.1, -0.05) is 0 Å². The van der Waals surface area contributed by atoms with Gasteiger partial charge in [-0.05, 0) is 38.2 Å². The zero-order valence-corrected chi connectivity index (χ0v) is 10.5. The normalized spacial score (nSPS) is 24.5. The number of rotatable bonds is 3. The van der Waals surface area contributed by atoms with E-state index in [1.54, 1.807) is 0 Å². The molecule has 17 heavy (non-hydrogen) atoms. The first-order chi connectivity index (χ1) is 8.24. The van der Waals surface area contributed by atoms with Crippen molar-refractivity contribution < 1.29 is 9.90 Å². The van der Waals surface area contributed by atoms with Crippen LogP contribution < -0.4 is 5.32 Å². The monoisotopic (exact) mass is 238 g/mol. The average molecular weight is 238 g/mol. The lowest BCUT2D eigenvalue weighted by Gasteiger charge is -2.36. The molecule has 1 atom stereocenters. The molecule has 4 nitrogen and oxygen atoms in total. The van der Waals surface area contributed by atoms with Crippen LogP contribution in [0.25, 0.3) is 0 Å². The third-order valence-electron chi connectivity index (χ3n) is 3.88. The minimum Gasteiger partial charge on any atom is -0.396 e. The van der Waals surface area contributed by atoms with Gasteiger partial charge in [0.25, 0.3) is 0 Å². The molecule has 2 rings (SSSR count). The summed E-state index contributed by atoms with van der Waals surface area (Å²) in [6, 6.07) is 0.241. The van der Waals surface area contributed by atoms with Crippen LogP contribution in [0.5, 0.6) is 0 Å². The molecular formula is C13H22N2O2. The number of piperidine rings is 1. The predicted octanol–water partition coefficient (Wildman–Crippen LogP) is 0.670. The molecule has 4 heteroatoms. The highest BCUT2D eigenvalue weighted by Crippen LogP contribution is 2.22. The van der Waals surface area contributed by atoms with Crippen molar-refractivity contribution in [1.29, 1.82) is 0 Å². The van der Waals surface area contributed by atoms with Crippen molar-refractivity contribution in [2.45, 2.75) is 38.6 Å². The number of likely N-dealkylation sites (tertiary alicyclic amines) is 1. The van der Waals surface area contributed by atoms with E-state index in [-0.39, 0.29) is 18.6 Å². The number of aliphatic hydroxyl groups excluding tert-OH is 1. The molecular weight excluding hydrogens is 216 g/mol. The van der Waals surface area contributed by atoms with Crippen molar-refractivity contribution in [2.75, 3.05) is 26.2 Å². The second kappa shape index (κ2) is 5.65. The Balaban J connectivity index is 2.05. The zero-order valence-electron chi connectivity index (χ0n) is 10.5. The summed E-state index contributed by atoms with van der Waals surface area (Å²) in [5.74, 6) is 0.180. The molecule has 0 spiro atoms. The van der Waals surface area contributed by atoms with Gasteiger partial charge in [-0.2, -0.15) is 0 Å². The highest BCUT2D eigenvalue weighted by molar-refractivity contribution is 5.94. The van der Waals surface area contributed by atoms with E-state index in [9.17, 15) is 4.79 Å². The van der Waals surface area contributed by atoms with Gasteiger partial charge >= 0.3 is 0 Å². The number of carbonyl (C=O) groups is 1. The van der Waals surface area contributed by atoms with Crippen LogP contribution in [0.2, 0.25) is 0 Å². The summed E-state index contributed by atoms with van der Waals surface area (Å²) in [5.41, 5.74) is 2.15. The van der Waals surface area contributed by atoms with E-state index in [1.807, 2.05) is 11.8 Å². The first kappa shape index (κ1) is 12.6. The van der Waals surface area contributed by atoms with Crippen molar-refractivity contribution in [2.24, 2.45) is 0 Å². The summed E-state index contributed by atoms with van der Waals surface area (Å²) < 4.78 is 0. The van der Waals surface area contributed by atoms with Gasteiger partial charge in [-0.15, -0.1) is 0 Å². The zero-order chi connectivity index (χ0) is 12.3. The van der Waals surface area contributed by atoms with E-state index in [2.05, 4.69) is 5.32 Å². The number of carbonyl (C=O) groups excluding carboxylic acids is 1. The molecule has 0 aliphatic carbocycles. The highest BCUT2D eigenvalue weighted by atomic mass is 16.3. The summed E-state index contributed by atoms with van der Waals surface area (Å²) in [5, 5.41) is 12.2. The number of nitrogens with zero attached hydrogens (tertiary/aromatic N) is 1. The molecule has 2 aliphatic rings. The fourth-order valence-corrected chi connectivity index (χ4v) is 2.60. The second-order valence-electron chi connectivity index (χ2n) is 4.99. The maximum absolute atomic E-state index is 12.4. The van der Waals surface area contributed by atoms with E-state index in [0.29, 0.717) is 6.42 Å². The minimum absolute atomic E-state index is 0.172. The number of amides is 1. The van der Waals surface area contributed by atoms with E-state index in [4.69, 9.17) is 5.11 Å². The Hall–Kier alpha value is -0.870. The van der Waals surface area contributed by atoms with Crippen LogP contribution in [0.1, 0.15) is 32.6 Å². The molecule has 0 aromatic heterocycles. The summed E-state index contributed by atoms with van der Waals surface area (Å²) >= 11 is 0. The maximum atomic E-state index is 12.4. The van der Waals surface area contributed by atoms with Crippen LogP contribution in [0.3, 0.4) is 0 Å². The van der Waals surface area contributed by atoms with Crippen molar-refractivity contribution in [3.8, 4) is 0 Å².